The fraction of sp³-hybridized carbons (Fsp3) is 0.429. The molecule has 1 aromatic carbocycles. The molecule has 1 aromatic heterocycles. The van der Waals surface area contributed by atoms with Gasteiger partial charge < -0.3 is 15.2 Å². The summed E-state index contributed by atoms with van der Waals surface area (Å²) in [6.45, 7) is 2.78. The van der Waals surface area contributed by atoms with Crippen molar-refractivity contribution in [2.75, 3.05) is 19.6 Å². The van der Waals surface area contributed by atoms with E-state index in [9.17, 15) is 4.79 Å². The topological polar surface area (TPSA) is 67.2 Å². The largest absolute Gasteiger partial charge is 0.356 e. The molecule has 1 fully saturated rings. The van der Waals surface area contributed by atoms with E-state index in [4.69, 9.17) is 4.52 Å². The first-order valence-electron chi connectivity index (χ1n) is 6.63. The maximum atomic E-state index is 11.9. The molecule has 2 heterocycles. The van der Waals surface area contributed by atoms with Crippen molar-refractivity contribution in [2.24, 2.45) is 5.92 Å². The van der Waals surface area contributed by atoms with E-state index < -0.39 is 0 Å². The predicted octanol–water partition coefficient (Wildman–Crippen LogP) is 1.10. The molecule has 1 aliphatic heterocycles. The standard InChI is InChI=1S/C14H17N3O2/c18-14(16-9-10-5-6-15-8-10)7-12-11-3-1-2-4-13(11)19-17-12/h1-4,10,15H,5-9H2,(H,16,18). The molecule has 5 nitrogen and oxygen atoms in total. The van der Waals surface area contributed by atoms with Crippen molar-refractivity contribution in [2.45, 2.75) is 12.8 Å². The van der Waals surface area contributed by atoms with Crippen LogP contribution in [0.5, 0.6) is 0 Å². The molecule has 19 heavy (non-hydrogen) atoms. The molecular formula is C14H17N3O2. The van der Waals surface area contributed by atoms with Crippen molar-refractivity contribution in [1.29, 1.82) is 0 Å². The molecule has 100 valence electrons. The van der Waals surface area contributed by atoms with Gasteiger partial charge in [0.25, 0.3) is 0 Å². The van der Waals surface area contributed by atoms with Crippen molar-refractivity contribution in [3.8, 4) is 0 Å². The Morgan fingerprint density at radius 1 is 1.47 bits per heavy atom. The number of rotatable bonds is 4. The highest BCUT2D eigenvalue weighted by molar-refractivity contribution is 5.86. The van der Waals surface area contributed by atoms with E-state index >= 15 is 0 Å². The minimum Gasteiger partial charge on any atom is -0.356 e. The van der Waals surface area contributed by atoms with E-state index in [1.807, 2.05) is 24.3 Å². The van der Waals surface area contributed by atoms with Gasteiger partial charge in [0.05, 0.1) is 6.42 Å². The summed E-state index contributed by atoms with van der Waals surface area (Å²) in [5.41, 5.74) is 1.43. The van der Waals surface area contributed by atoms with E-state index in [0.29, 0.717) is 11.6 Å². The highest BCUT2D eigenvalue weighted by Gasteiger charge is 2.16. The molecule has 0 bridgehead atoms. The average Bonchev–Trinajstić information content (AvgIpc) is 3.07. The second kappa shape index (κ2) is 5.40. The van der Waals surface area contributed by atoms with Gasteiger partial charge in [-0.25, -0.2) is 0 Å². The second-order valence-corrected chi connectivity index (χ2v) is 4.97. The minimum absolute atomic E-state index is 0.00551. The van der Waals surface area contributed by atoms with Gasteiger partial charge in [0.2, 0.25) is 5.91 Å². The number of carbonyl (C=O) groups excluding carboxylic acids is 1. The molecule has 0 radical (unpaired) electrons. The Kier molecular flexibility index (Phi) is 3.46. The summed E-state index contributed by atoms with van der Waals surface area (Å²) < 4.78 is 5.19. The van der Waals surface area contributed by atoms with Gasteiger partial charge in [0.1, 0.15) is 5.69 Å². The van der Waals surface area contributed by atoms with Gasteiger partial charge in [-0.3, -0.25) is 4.79 Å². The number of hydrogen-bond donors (Lipinski definition) is 2. The smallest absolute Gasteiger partial charge is 0.226 e. The van der Waals surface area contributed by atoms with Crippen molar-refractivity contribution in [3.63, 3.8) is 0 Å². The summed E-state index contributed by atoms with van der Waals surface area (Å²) in [5, 5.41) is 11.1. The van der Waals surface area contributed by atoms with Gasteiger partial charge in [-0.05, 0) is 37.6 Å². The van der Waals surface area contributed by atoms with Gasteiger partial charge >= 0.3 is 0 Å². The molecule has 5 heteroatoms. The molecule has 0 spiro atoms. The molecule has 1 saturated heterocycles. The van der Waals surface area contributed by atoms with Crippen molar-refractivity contribution >= 4 is 16.9 Å². The average molecular weight is 259 g/mol. The van der Waals surface area contributed by atoms with Gasteiger partial charge in [0, 0.05) is 11.9 Å². The molecule has 3 rings (SSSR count). The Labute approximate surface area is 111 Å². The first-order valence-corrected chi connectivity index (χ1v) is 6.63. The number of benzene rings is 1. The lowest BCUT2D eigenvalue weighted by atomic mass is 10.1. The van der Waals surface area contributed by atoms with Crippen LogP contribution in [0.15, 0.2) is 28.8 Å². The summed E-state index contributed by atoms with van der Waals surface area (Å²) in [7, 11) is 0. The number of fused-ring (bicyclic) bond motifs is 1. The fourth-order valence-electron chi connectivity index (χ4n) is 2.43. The maximum Gasteiger partial charge on any atom is 0.226 e. The molecule has 0 aliphatic carbocycles. The molecule has 1 unspecified atom stereocenters. The molecule has 2 N–H and O–H groups in total. The Morgan fingerprint density at radius 2 is 2.37 bits per heavy atom. The van der Waals surface area contributed by atoms with E-state index in [1.165, 1.54) is 0 Å². The molecule has 2 aromatic rings. The van der Waals surface area contributed by atoms with Gasteiger partial charge in [-0.1, -0.05) is 17.3 Å². The summed E-state index contributed by atoms with van der Waals surface area (Å²) >= 11 is 0. The van der Waals surface area contributed by atoms with Crippen LogP contribution < -0.4 is 10.6 Å². The molecule has 1 atom stereocenters. The van der Waals surface area contributed by atoms with E-state index in [-0.39, 0.29) is 12.3 Å². The Morgan fingerprint density at radius 3 is 3.21 bits per heavy atom. The summed E-state index contributed by atoms with van der Waals surface area (Å²) in [6.07, 6.45) is 1.41. The number of hydrogen-bond acceptors (Lipinski definition) is 4. The monoisotopic (exact) mass is 259 g/mol. The van der Waals surface area contributed by atoms with Gasteiger partial charge in [0.15, 0.2) is 5.58 Å². The van der Waals surface area contributed by atoms with Gasteiger partial charge in [-0.2, -0.15) is 0 Å². The second-order valence-electron chi connectivity index (χ2n) is 4.97. The van der Waals surface area contributed by atoms with Crippen molar-refractivity contribution in [3.05, 3.63) is 30.0 Å². The van der Waals surface area contributed by atoms with Crippen LogP contribution >= 0.6 is 0 Å². The predicted molar refractivity (Wildman–Crippen MR) is 71.7 cm³/mol. The Bertz CT molecular complexity index is 573. The summed E-state index contributed by atoms with van der Waals surface area (Å²) in [4.78, 5) is 11.9. The number of carbonyl (C=O) groups is 1. The van der Waals surface area contributed by atoms with Crippen LogP contribution in [0, 0.1) is 5.92 Å². The van der Waals surface area contributed by atoms with E-state index in [0.717, 1.165) is 37.0 Å². The SMILES string of the molecule is O=C(Cc1noc2ccccc12)NCC1CCNC1. The van der Waals surface area contributed by atoms with Crippen LogP contribution in [0.25, 0.3) is 11.0 Å². The molecule has 1 amide bonds. The first kappa shape index (κ1) is 12.2. The molecule has 1 aliphatic rings. The lowest BCUT2D eigenvalue weighted by molar-refractivity contribution is -0.120. The third kappa shape index (κ3) is 2.76. The zero-order valence-corrected chi connectivity index (χ0v) is 10.7. The maximum absolute atomic E-state index is 11.9. The number of nitrogens with one attached hydrogen (secondary N) is 2. The zero-order valence-electron chi connectivity index (χ0n) is 10.7. The van der Waals surface area contributed by atoms with Crippen LogP contribution in [0.3, 0.4) is 0 Å². The number of aromatic nitrogens is 1. The van der Waals surface area contributed by atoms with Crippen molar-refractivity contribution in [1.82, 2.24) is 15.8 Å². The summed E-state index contributed by atoms with van der Waals surface area (Å²) in [5.74, 6) is 0.559. The third-order valence-electron chi connectivity index (χ3n) is 3.53. The lowest BCUT2D eigenvalue weighted by Gasteiger charge is -2.09. The number of para-hydroxylation sites is 1. The minimum atomic E-state index is 0.00551. The molecular weight excluding hydrogens is 242 g/mol. The summed E-state index contributed by atoms with van der Waals surface area (Å²) in [6, 6.07) is 7.60. The third-order valence-corrected chi connectivity index (χ3v) is 3.53. The van der Waals surface area contributed by atoms with E-state index in [1.54, 1.807) is 0 Å². The quantitative estimate of drug-likeness (QED) is 0.862. The van der Waals surface area contributed by atoms with E-state index in [2.05, 4.69) is 15.8 Å². The van der Waals surface area contributed by atoms with Crippen LogP contribution in [0.1, 0.15) is 12.1 Å². The highest BCUT2D eigenvalue weighted by atomic mass is 16.5. The van der Waals surface area contributed by atoms with Crippen LogP contribution in [0.4, 0.5) is 0 Å². The lowest BCUT2D eigenvalue weighted by Crippen LogP contribution is -2.31. The van der Waals surface area contributed by atoms with Crippen LogP contribution in [0.2, 0.25) is 0 Å². The first-order chi connectivity index (χ1) is 9.33. The molecule has 0 saturated carbocycles. The van der Waals surface area contributed by atoms with Gasteiger partial charge in [-0.15, -0.1) is 0 Å². The Balaban J connectivity index is 1.59. The normalized spacial score (nSPS) is 18.8. The Hall–Kier alpha value is -1.88. The zero-order chi connectivity index (χ0) is 13.1. The highest BCUT2D eigenvalue weighted by Crippen LogP contribution is 2.18. The van der Waals surface area contributed by atoms with Crippen LogP contribution in [-0.2, 0) is 11.2 Å². The number of amides is 1. The fourth-order valence-corrected chi connectivity index (χ4v) is 2.43. The van der Waals surface area contributed by atoms with Crippen molar-refractivity contribution < 1.29 is 9.32 Å². The van der Waals surface area contributed by atoms with Crippen LogP contribution in [-0.4, -0.2) is 30.7 Å². The number of nitrogens with zero attached hydrogens (tertiary/aromatic N) is 1.